The van der Waals surface area contributed by atoms with Crippen LogP contribution in [-0.4, -0.2) is 39.3 Å². The van der Waals surface area contributed by atoms with Gasteiger partial charge in [0.1, 0.15) is 5.78 Å². The number of amides is 1. The van der Waals surface area contributed by atoms with E-state index < -0.39 is 6.04 Å². The first-order chi connectivity index (χ1) is 15.8. The second-order valence-electron chi connectivity index (χ2n) is 7.82. The summed E-state index contributed by atoms with van der Waals surface area (Å²) in [6.07, 6.45) is 3.33. The molecule has 0 saturated heterocycles. The van der Waals surface area contributed by atoms with Gasteiger partial charge in [0, 0.05) is 18.4 Å². The smallest absolute Gasteiger partial charge is 0.220 e. The maximum Gasteiger partial charge on any atom is 0.220 e. The maximum atomic E-state index is 12.9. The van der Waals surface area contributed by atoms with E-state index in [9.17, 15) is 14.4 Å². The van der Waals surface area contributed by atoms with Crippen molar-refractivity contribution in [2.45, 2.75) is 43.5 Å². The molecule has 0 unspecified atom stereocenters. The van der Waals surface area contributed by atoms with Gasteiger partial charge in [0.25, 0.3) is 0 Å². The lowest BCUT2D eigenvalue weighted by atomic mass is 9.95. The SMILES string of the molecule is COc1cc2c(c(OC)c1OC)-c1ccc(SC)c(=O)cc1[C@@H](NC(=O)CCC(C)=O)CC2. The molecule has 1 N–H and O–H groups in total. The zero-order valence-electron chi connectivity index (χ0n) is 19.6. The van der Waals surface area contributed by atoms with Crippen molar-refractivity contribution in [2.75, 3.05) is 27.6 Å². The lowest BCUT2D eigenvalue weighted by Gasteiger charge is -2.20. The van der Waals surface area contributed by atoms with E-state index in [-0.39, 0.29) is 30.0 Å². The predicted molar refractivity (Wildman–Crippen MR) is 129 cm³/mol. The quantitative estimate of drug-likeness (QED) is 0.583. The molecule has 1 atom stereocenters. The monoisotopic (exact) mass is 471 g/mol. The predicted octanol–water partition coefficient (Wildman–Crippen LogP) is 3.93. The molecule has 2 aromatic rings. The molecule has 7 nitrogen and oxygen atoms in total. The van der Waals surface area contributed by atoms with Crippen LogP contribution in [0, 0.1) is 0 Å². The third kappa shape index (κ3) is 5.16. The lowest BCUT2D eigenvalue weighted by molar-refractivity contribution is -0.125. The summed E-state index contributed by atoms with van der Waals surface area (Å²) in [5.74, 6) is 1.26. The van der Waals surface area contributed by atoms with E-state index in [2.05, 4.69) is 5.32 Å². The molecule has 0 fully saturated rings. The van der Waals surface area contributed by atoms with E-state index in [0.717, 1.165) is 16.7 Å². The Bertz CT molecular complexity index is 1130. The highest BCUT2D eigenvalue weighted by atomic mass is 32.2. The summed E-state index contributed by atoms with van der Waals surface area (Å²) < 4.78 is 16.9. The van der Waals surface area contributed by atoms with Gasteiger partial charge < -0.3 is 24.3 Å². The minimum absolute atomic E-state index is 0.0411. The van der Waals surface area contributed by atoms with Gasteiger partial charge in [0.15, 0.2) is 16.9 Å². The average Bonchev–Trinajstić information content (AvgIpc) is 3.05. The summed E-state index contributed by atoms with van der Waals surface area (Å²) in [7, 11) is 4.69. The Kier molecular flexibility index (Phi) is 8.02. The standard InChI is InChI=1S/C25H29NO6S/c1-14(27)6-11-22(29)26-18-9-7-15-12-20(30-2)24(31-3)25(32-4)23(15)16-8-10-21(33-5)19(28)13-17(16)18/h8,10,12-13,18H,6-7,9,11H2,1-5H3,(H,26,29)/t18-/m0/s1. The van der Waals surface area contributed by atoms with Crippen molar-refractivity contribution in [2.24, 2.45) is 0 Å². The molecule has 33 heavy (non-hydrogen) atoms. The number of methoxy groups -OCH3 is 3. The average molecular weight is 472 g/mol. The number of ketones is 1. The Morgan fingerprint density at radius 1 is 1.06 bits per heavy atom. The molecule has 0 spiro atoms. The first kappa shape index (κ1) is 24.6. The molecule has 1 aliphatic carbocycles. The topological polar surface area (TPSA) is 90.9 Å². The maximum absolute atomic E-state index is 12.9. The highest BCUT2D eigenvalue weighted by Gasteiger charge is 2.29. The molecule has 0 aliphatic heterocycles. The Balaban J connectivity index is 2.25. The lowest BCUT2D eigenvalue weighted by Crippen LogP contribution is -2.29. The van der Waals surface area contributed by atoms with E-state index >= 15 is 0 Å². The van der Waals surface area contributed by atoms with E-state index in [1.165, 1.54) is 18.7 Å². The largest absolute Gasteiger partial charge is 0.493 e. The van der Waals surface area contributed by atoms with Crippen LogP contribution < -0.4 is 25.0 Å². The number of carbonyl (C=O) groups is 2. The summed E-state index contributed by atoms with van der Waals surface area (Å²) in [4.78, 5) is 37.5. The summed E-state index contributed by atoms with van der Waals surface area (Å²) >= 11 is 1.37. The zero-order valence-corrected chi connectivity index (χ0v) is 20.4. The zero-order chi connectivity index (χ0) is 24.1. The van der Waals surface area contributed by atoms with Crippen LogP contribution >= 0.6 is 11.8 Å². The molecule has 1 amide bonds. The van der Waals surface area contributed by atoms with Crippen LogP contribution in [0.1, 0.15) is 43.4 Å². The number of hydrogen-bond donors (Lipinski definition) is 1. The number of thioether (sulfide) groups is 1. The number of ether oxygens (including phenoxy) is 3. The second-order valence-corrected chi connectivity index (χ2v) is 8.67. The summed E-state index contributed by atoms with van der Waals surface area (Å²) in [6, 6.07) is 6.81. The van der Waals surface area contributed by atoms with Crippen LogP contribution in [0.5, 0.6) is 17.2 Å². The normalized spacial score (nSPS) is 14.4. The van der Waals surface area contributed by atoms with Crippen molar-refractivity contribution in [3.63, 3.8) is 0 Å². The first-order valence-electron chi connectivity index (χ1n) is 10.7. The number of Topliss-reactive ketones (excluding diaryl/α,β-unsaturated/α-hetero) is 1. The molecule has 0 aromatic heterocycles. The van der Waals surface area contributed by atoms with Crippen molar-refractivity contribution < 1.29 is 23.8 Å². The van der Waals surface area contributed by atoms with Gasteiger partial charge in [-0.2, -0.15) is 0 Å². The van der Waals surface area contributed by atoms with Crippen LogP contribution in [0.25, 0.3) is 11.1 Å². The Hall–Kier alpha value is -3.00. The third-order valence-electron chi connectivity index (χ3n) is 5.76. The molecule has 1 aliphatic rings. The Morgan fingerprint density at radius 2 is 1.79 bits per heavy atom. The fraction of sp³-hybridized carbons (Fsp3) is 0.400. The van der Waals surface area contributed by atoms with Gasteiger partial charge in [-0.15, -0.1) is 11.8 Å². The van der Waals surface area contributed by atoms with Crippen molar-refractivity contribution in [3.8, 4) is 28.4 Å². The van der Waals surface area contributed by atoms with Crippen LogP contribution in [0.15, 0.2) is 34.0 Å². The fourth-order valence-corrected chi connectivity index (χ4v) is 4.64. The van der Waals surface area contributed by atoms with Gasteiger partial charge in [-0.1, -0.05) is 6.07 Å². The van der Waals surface area contributed by atoms with Gasteiger partial charge in [0.2, 0.25) is 11.7 Å². The first-order valence-corrected chi connectivity index (χ1v) is 11.9. The van der Waals surface area contributed by atoms with Crippen LogP contribution in [0.4, 0.5) is 0 Å². The van der Waals surface area contributed by atoms with Gasteiger partial charge in [-0.25, -0.2) is 0 Å². The van der Waals surface area contributed by atoms with Crippen molar-refractivity contribution >= 4 is 23.5 Å². The number of fused-ring (bicyclic) bond motifs is 3. The van der Waals surface area contributed by atoms with E-state index in [1.54, 1.807) is 33.5 Å². The number of benzene rings is 1. The fourth-order valence-electron chi connectivity index (χ4n) is 4.17. The number of hydrogen-bond acceptors (Lipinski definition) is 7. The molecule has 2 aromatic carbocycles. The number of rotatable bonds is 8. The molecule has 0 radical (unpaired) electrons. The number of carbonyl (C=O) groups excluding carboxylic acids is 2. The highest BCUT2D eigenvalue weighted by Crippen LogP contribution is 2.50. The summed E-state index contributed by atoms with van der Waals surface area (Å²) in [5, 5.41) is 3.04. The van der Waals surface area contributed by atoms with Crippen molar-refractivity contribution in [1.82, 2.24) is 5.32 Å². The summed E-state index contributed by atoms with van der Waals surface area (Å²) in [5.41, 5.74) is 3.16. The Labute approximate surface area is 197 Å². The minimum Gasteiger partial charge on any atom is -0.493 e. The molecular weight excluding hydrogens is 442 g/mol. The molecule has 176 valence electrons. The van der Waals surface area contributed by atoms with Gasteiger partial charge in [-0.05, 0) is 60.9 Å². The van der Waals surface area contributed by atoms with Crippen LogP contribution in [0.2, 0.25) is 0 Å². The van der Waals surface area contributed by atoms with Crippen molar-refractivity contribution in [3.05, 3.63) is 45.6 Å². The number of aryl methyl sites for hydroxylation is 1. The van der Waals surface area contributed by atoms with Crippen LogP contribution in [0.3, 0.4) is 0 Å². The highest BCUT2D eigenvalue weighted by molar-refractivity contribution is 7.98. The molecule has 0 heterocycles. The van der Waals surface area contributed by atoms with E-state index in [4.69, 9.17) is 14.2 Å². The van der Waals surface area contributed by atoms with Gasteiger partial charge in [-0.3, -0.25) is 9.59 Å². The molecule has 0 saturated carbocycles. The molecule has 8 heteroatoms. The minimum atomic E-state index is -0.400. The second kappa shape index (κ2) is 10.7. The van der Waals surface area contributed by atoms with Crippen molar-refractivity contribution in [1.29, 1.82) is 0 Å². The molecular formula is C25H29NO6S. The third-order valence-corrected chi connectivity index (χ3v) is 6.54. The van der Waals surface area contributed by atoms with Gasteiger partial charge in [0.05, 0.1) is 32.3 Å². The van der Waals surface area contributed by atoms with E-state index in [0.29, 0.717) is 40.5 Å². The van der Waals surface area contributed by atoms with E-state index in [1.807, 2.05) is 18.4 Å². The molecule has 0 bridgehead atoms. The summed E-state index contributed by atoms with van der Waals surface area (Å²) in [6.45, 7) is 1.46. The van der Waals surface area contributed by atoms with Crippen LogP contribution in [-0.2, 0) is 16.0 Å². The van der Waals surface area contributed by atoms with Gasteiger partial charge >= 0.3 is 0 Å². The molecule has 3 rings (SSSR count). The Morgan fingerprint density at radius 3 is 2.39 bits per heavy atom. The number of nitrogens with one attached hydrogen (secondary N) is 1.